The van der Waals surface area contributed by atoms with Crippen LogP contribution in [0.15, 0.2) is 24.3 Å². The molecular weight excluding hydrogens is 618 g/mol. The Morgan fingerprint density at radius 1 is 0.426 bits per heavy atom. The van der Waals surface area contributed by atoms with Gasteiger partial charge in [-0.3, -0.25) is 10.1 Å². The fraction of sp³-hybridized carbons (Fsp3) is 0.818. The minimum absolute atomic E-state index is 0.0275. The first-order chi connectivity index (χ1) is 23.2. The van der Waals surface area contributed by atoms with Gasteiger partial charge in [0, 0.05) is 18.7 Å². The highest BCUT2D eigenvalue weighted by Gasteiger charge is 2.04. The number of non-ortho nitro benzene ring substituents is 1. The van der Waals surface area contributed by atoms with Crippen molar-refractivity contribution >= 4 is 5.69 Å². The fourth-order valence-corrected chi connectivity index (χ4v) is 3.77. The Balaban J connectivity index is 1.64. The molecule has 0 spiro atoms. The van der Waals surface area contributed by atoms with Crippen molar-refractivity contribution in [3.05, 3.63) is 34.4 Å². The van der Waals surface area contributed by atoms with Crippen molar-refractivity contribution in [1.29, 1.82) is 0 Å². The molecule has 274 valence electrons. The number of ether oxygens (including phenoxy) is 11. The molecule has 0 aromatic heterocycles. The van der Waals surface area contributed by atoms with E-state index in [1.807, 2.05) is 0 Å². The van der Waals surface area contributed by atoms with Crippen molar-refractivity contribution in [1.82, 2.24) is 0 Å². The van der Waals surface area contributed by atoms with Crippen LogP contribution in [-0.2, 0) is 47.4 Å². The fourth-order valence-electron chi connectivity index (χ4n) is 3.77. The standard InChI is InChI=1S/C33H59NO13/c1-2-3-4-5-6-11-37-12-13-38-14-15-39-16-17-40-18-19-41-20-21-42-22-23-43-24-25-44-26-27-45-28-29-46-30-31-47-33-9-7-32(8-10-33)34(35)36/h7-10H,2-6,11-31H2,1H3. The van der Waals surface area contributed by atoms with Gasteiger partial charge < -0.3 is 52.1 Å². The van der Waals surface area contributed by atoms with E-state index in [9.17, 15) is 10.1 Å². The van der Waals surface area contributed by atoms with Gasteiger partial charge in [0.25, 0.3) is 5.69 Å². The van der Waals surface area contributed by atoms with Crippen LogP contribution in [0.3, 0.4) is 0 Å². The molecular formula is C33H59NO13. The zero-order valence-electron chi connectivity index (χ0n) is 28.4. The second-order valence-corrected chi connectivity index (χ2v) is 10.1. The van der Waals surface area contributed by atoms with E-state index in [1.165, 1.54) is 37.8 Å². The van der Waals surface area contributed by atoms with E-state index < -0.39 is 4.92 Å². The summed E-state index contributed by atoms with van der Waals surface area (Å²) in [5.74, 6) is 0.558. The molecule has 0 aliphatic heterocycles. The van der Waals surface area contributed by atoms with Crippen LogP contribution in [0.2, 0.25) is 0 Å². The van der Waals surface area contributed by atoms with Gasteiger partial charge in [-0.05, 0) is 18.6 Å². The maximum absolute atomic E-state index is 10.6. The Morgan fingerprint density at radius 3 is 1.04 bits per heavy atom. The molecule has 0 N–H and O–H groups in total. The lowest BCUT2D eigenvalue weighted by Crippen LogP contribution is -2.15. The summed E-state index contributed by atoms with van der Waals surface area (Å²) in [5, 5.41) is 10.6. The predicted molar refractivity (Wildman–Crippen MR) is 176 cm³/mol. The molecule has 0 bridgehead atoms. The van der Waals surface area contributed by atoms with E-state index in [0.29, 0.717) is 138 Å². The largest absolute Gasteiger partial charge is 0.491 e. The van der Waals surface area contributed by atoms with Gasteiger partial charge in [0.2, 0.25) is 0 Å². The minimum atomic E-state index is -0.450. The summed E-state index contributed by atoms with van der Waals surface area (Å²) < 4.78 is 60.3. The van der Waals surface area contributed by atoms with E-state index in [1.54, 1.807) is 12.1 Å². The summed E-state index contributed by atoms with van der Waals surface area (Å²) in [5.41, 5.74) is 0.0275. The first kappa shape index (κ1) is 43.0. The SMILES string of the molecule is CCCCCCCOCCOCCOCCOCCOCCOCCOCCOCCOCCOCCOc1ccc([N+](=O)[O-])cc1. The van der Waals surface area contributed by atoms with Crippen LogP contribution in [-0.4, -0.2) is 144 Å². The van der Waals surface area contributed by atoms with Gasteiger partial charge in [-0.2, -0.15) is 0 Å². The smallest absolute Gasteiger partial charge is 0.269 e. The van der Waals surface area contributed by atoms with Crippen LogP contribution in [0.4, 0.5) is 5.69 Å². The quantitative estimate of drug-likeness (QED) is 0.0563. The first-order valence-electron chi connectivity index (χ1n) is 16.9. The molecule has 0 radical (unpaired) electrons. The van der Waals surface area contributed by atoms with Gasteiger partial charge in [-0.25, -0.2) is 0 Å². The topological polar surface area (TPSA) is 145 Å². The van der Waals surface area contributed by atoms with Crippen molar-refractivity contribution in [3.8, 4) is 5.75 Å². The van der Waals surface area contributed by atoms with Crippen molar-refractivity contribution in [2.75, 3.05) is 139 Å². The van der Waals surface area contributed by atoms with E-state index in [-0.39, 0.29) is 5.69 Å². The zero-order valence-corrected chi connectivity index (χ0v) is 28.4. The predicted octanol–water partition coefficient (Wildman–Crippen LogP) is 4.11. The molecule has 47 heavy (non-hydrogen) atoms. The maximum Gasteiger partial charge on any atom is 0.269 e. The third-order valence-corrected chi connectivity index (χ3v) is 6.28. The van der Waals surface area contributed by atoms with E-state index in [0.717, 1.165) is 13.0 Å². The molecule has 14 heteroatoms. The normalized spacial score (nSPS) is 11.3. The van der Waals surface area contributed by atoms with Crippen LogP contribution in [0.5, 0.6) is 5.75 Å². The first-order valence-corrected chi connectivity index (χ1v) is 16.9. The zero-order chi connectivity index (χ0) is 33.7. The van der Waals surface area contributed by atoms with Crippen LogP contribution in [0, 0.1) is 10.1 Å². The molecule has 0 heterocycles. The molecule has 0 aliphatic carbocycles. The third kappa shape index (κ3) is 31.1. The number of hydrogen-bond donors (Lipinski definition) is 0. The molecule has 1 rings (SSSR count). The molecule has 14 nitrogen and oxygen atoms in total. The van der Waals surface area contributed by atoms with Gasteiger partial charge >= 0.3 is 0 Å². The lowest BCUT2D eigenvalue weighted by Gasteiger charge is -2.09. The number of hydrogen-bond acceptors (Lipinski definition) is 13. The number of nitro groups is 1. The van der Waals surface area contributed by atoms with Crippen molar-refractivity contribution in [2.24, 2.45) is 0 Å². The number of rotatable bonds is 38. The average Bonchev–Trinajstić information content (AvgIpc) is 3.08. The van der Waals surface area contributed by atoms with Crippen LogP contribution in [0.1, 0.15) is 39.0 Å². The Morgan fingerprint density at radius 2 is 0.723 bits per heavy atom. The minimum Gasteiger partial charge on any atom is -0.491 e. The Hall–Kier alpha value is -1.98. The van der Waals surface area contributed by atoms with Crippen LogP contribution >= 0.6 is 0 Å². The summed E-state index contributed by atoms with van der Waals surface area (Å²) in [4.78, 5) is 10.2. The molecule has 0 unspecified atom stereocenters. The van der Waals surface area contributed by atoms with Gasteiger partial charge in [0.15, 0.2) is 0 Å². The molecule has 0 saturated heterocycles. The highest BCUT2D eigenvalue weighted by Crippen LogP contribution is 2.17. The second-order valence-electron chi connectivity index (χ2n) is 10.1. The summed E-state index contributed by atoms with van der Waals surface area (Å²) in [6.45, 7) is 13.0. The summed E-state index contributed by atoms with van der Waals surface area (Å²) in [7, 11) is 0. The number of benzene rings is 1. The van der Waals surface area contributed by atoms with Crippen molar-refractivity contribution < 1.29 is 57.0 Å². The highest BCUT2D eigenvalue weighted by atomic mass is 16.6. The van der Waals surface area contributed by atoms with Crippen molar-refractivity contribution in [2.45, 2.75) is 39.0 Å². The van der Waals surface area contributed by atoms with Crippen LogP contribution < -0.4 is 4.74 Å². The lowest BCUT2D eigenvalue weighted by atomic mass is 10.2. The molecule has 0 atom stereocenters. The molecule has 0 aliphatic rings. The monoisotopic (exact) mass is 677 g/mol. The number of unbranched alkanes of at least 4 members (excludes halogenated alkanes) is 4. The van der Waals surface area contributed by atoms with Crippen molar-refractivity contribution in [3.63, 3.8) is 0 Å². The molecule has 0 amide bonds. The maximum atomic E-state index is 10.6. The van der Waals surface area contributed by atoms with Gasteiger partial charge in [0.1, 0.15) is 12.4 Å². The Kier molecular flexibility index (Phi) is 32.4. The molecule has 1 aromatic carbocycles. The average molecular weight is 678 g/mol. The Labute approximate surface area is 280 Å². The number of nitrogens with zero attached hydrogens (tertiary/aromatic N) is 1. The van der Waals surface area contributed by atoms with Gasteiger partial charge in [-0.15, -0.1) is 0 Å². The summed E-state index contributed by atoms with van der Waals surface area (Å²) >= 11 is 0. The molecule has 1 aromatic rings. The summed E-state index contributed by atoms with van der Waals surface area (Å²) in [6.07, 6.45) is 6.25. The van der Waals surface area contributed by atoms with E-state index in [2.05, 4.69) is 6.92 Å². The summed E-state index contributed by atoms with van der Waals surface area (Å²) in [6, 6.07) is 5.92. The van der Waals surface area contributed by atoms with E-state index >= 15 is 0 Å². The molecule has 0 saturated carbocycles. The number of nitro benzene ring substituents is 1. The van der Waals surface area contributed by atoms with Gasteiger partial charge in [-0.1, -0.05) is 32.6 Å². The lowest BCUT2D eigenvalue weighted by molar-refractivity contribution is -0.384. The Bertz CT molecular complexity index is 788. The highest BCUT2D eigenvalue weighted by molar-refractivity contribution is 5.35. The third-order valence-electron chi connectivity index (χ3n) is 6.28. The van der Waals surface area contributed by atoms with E-state index in [4.69, 9.17) is 52.1 Å². The van der Waals surface area contributed by atoms with Gasteiger partial charge in [0.05, 0.1) is 130 Å². The molecule has 0 fully saturated rings. The second kappa shape index (κ2) is 35.3. The van der Waals surface area contributed by atoms with Crippen LogP contribution in [0.25, 0.3) is 0 Å².